The molecule has 6 rings (SSSR count). The summed E-state index contributed by atoms with van der Waals surface area (Å²) in [5.41, 5.74) is 4.50. The average molecular weight is 468 g/mol. The molecule has 1 aromatic heterocycles. The molecule has 2 aromatic carbocycles. The number of amides is 3. The van der Waals surface area contributed by atoms with Crippen molar-refractivity contribution in [2.24, 2.45) is 0 Å². The topological polar surface area (TPSA) is 69.6 Å². The molecule has 1 saturated heterocycles. The van der Waals surface area contributed by atoms with Gasteiger partial charge in [0, 0.05) is 31.8 Å². The Morgan fingerprint density at radius 1 is 0.886 bits per heavy atom. The van der Waals surface area contributed by atoms with Crippen LogP contribution < -0.4 is 4.90 Å². The summed E-state index contributed by atoms with van der Waals surface area (Å²) in [6.07, 6.45) is 7.61. The van der Waals surface area contributed by atoms with Crippen LogP contribution in [0.3, 0.4) is 0 Å². The minimum Gasteiger partial charge on any atom is -0.337 e. The molecule has 0 N–H and O–H groups in total. The number of rotatable bonds is 3. The highest BCUT2D eigenvalue weighted by Crippen LogP contribution is 2.44. The standard InChI is InChI=1S/C28H29N5O2/c1-31-17-24-22(9-6-10-23(24)26(31)34)25-29-15-21(16-30-25)33-18-28(32(2)27(33)35)13-11-20(12-14-28)19-7-4-3-5-8-19/h3-10,15-16,20H,11-14,17-18H2,1-2H3. The lowest BCUT2D eigenvalue weighted by Gasteiger charge is -2.41. The van der Waals surface area contributed by atoms with Crippen molar-refractivity contribution < 1.29 is 9.59 Å². The lowest BCUT2D eigenvalue weighted by molar-refractivity contribution is 0.0816. The summed E-state index contributed by atoms with van der Waals surface area (Å²) in [5.74, 6) is 1.16. The van der Waals surface area contributed by atoms with Crippen LogP contribution >= 0.6 is 0 Å². The number of benzene rings is 2. The second-order valence-corrected chi connectivity index (χ2v) is 10.1. The summed E-state index contributed by atoms with van der Waals surface area (Å²) in [6, 6.07) is 16.4. The Hall–Kier alpha value is -3.74. The highest BCUT2D eigenvalue weighted by molar-refractivity contribution is 6.00. The molecule has 1 aliphatic carbocycles. The number of hydrogen-bond donors (Lipinski definition) is 0. The third-order valence-electron chi connectivity index (χ3n) is 8.21. The lowest BCUT2D eigenvalue weighted by Crippen LogP contribution is -2.47. The average Bonchev–Trinajstić information content (AvgIpc) is 3.33. The largest absolute Gasteiger partial charge is 0.337 e. The van der Waals surface area contributed by atoms with Crippen LogP contribution in [0.2, 0.25) is 0 Å². The van der Waals surface area contributed by atoms with Gasteiger partial charge in [0.15, 0.2) is 5.82 Å². The van der Waals surface area contributed by atoms with E-state index in [0.29, 0.717) is 36.1 Å². The maximum absolute atomic E-state index is 13.3. The number of anilines is 1. The Morgan fingerprint density at radius 2 is 1.57 bits per heavy atom. The first-order chi connectivity index (χ1) is 17.0. The third kappa shape index (κ3) is 3.49. The van der Waals surface area contributed by atoms with Crippen molar-refractivity contribution in [1.29, 1.82) is 0 Å². The number of aromatic nitrogens is 2. The second kappa shape index (κ2) is 8.18. The van der Waals surface area contributed by atoms with Crippen molar-refractivity contribution in [3.63, 3.8) is 0 Å². The van der Waals surface area contributed by atoms with E-state index in [9.17, 15) is 9.59 Å². The first kappa shape index (κ1) is 21.8. The molecule has 1 spiro atoms. The van der Waals surface area contributed by atoms with Crippen molar-refractivity contribution >= 4 is 17.6 Å². The summed E-state index contributed by atoms with van der Waals surface area (Å²) >= 11 is 0. The van der Waals surface area contributed by atoms with Crippen molar-refractivity contribution in [3.8, 4) is 11.4 Å². The third-order valence-corrected chi connectivity index (χ3v) is 8.21. The molecule has 7 nitrogen and oxygen atoms in total. The molecular formula is C28H29N5O2. The number of carbonyl (C=O) groups excluding carboxylic acids is 2. The van der Waals surface area contributed by atoms with Gasteiger partial charge >= 0.3 is 6.03 Å². The van der Waals surface area contributed by atoms with Gasteiger partial charge in [-0.2, -0.15) is 0 Å². The molecule has 1 saturated carbocycles. The van der Waals surface area contributed by atoms with Gasteiger partial charge in [-0.05, 0) is 48.8 Å². The SMILES string of the molecule is CN1Cc2c(cccc2-c2ncc(N3CC4(CCC(c5ccccc5)CC4)N(C)C3=O)cn2)C1=O. The predicted molar refractivity (Wildman–Crippen MR) is 134 cm³/mol. The van der Waals surface area contributed by atoms with Gasteiger partial charge in [0.2, 0.25) is 0 Å². The smallest absolute Gasteiger partial charge is 0.324 e. The number of hydrogen-bond acceptors (Lipinski definition) is 4. The highest BCUT2D eigenvalue weighted by atomic mass is 16.2. The molecule has 0 radical (unpaired) electrons. The Bertz CT molecular complexity index is 1280. The van der Waals surface area contributed by atoms with Gasteiger partial charge in [-0.15, -0.1) is 0 Å². The molecule has 178 valence electrons. The quantitative estimate of drug-likeness (QED) is 0.560. The summed E-state index contributed by atoms with van der Waals surface area (Å²) in [6.45, 7) is 1.21. The van der Waals surface area contributed by atoms with Crippen molar-refractivity contribution in [2.45, 2.75) is 43.7 Å². The van der Waals surface area contributed by atoms with E-state index in [0.717, 1.165) is 36.8 Å². The van der Waals surface area contributed by atoms with Crippen LogP contribution in [0.1, 0.15) is 53.1 Å². The van der Waals surface area contributed by atoms with Gasteiger partial charge in [-0.1, -0.05) is 42.5 Å². The lowest BCUT2D eigenvalue weighted by atomic mass is 9.74. The molecule has 7 heteroatoms. The van der Waals surface area contributed by atoms with Gasteiger partial charge in [-0.25, -0.2) is 14.8 Å². The molecule has 3 amide bonds. The van der Waals surface area contributed by atoms with E-state index in [1.54, 1.807) is 24.3 Å². The van der Waals surface area contributed by atoms with Crippen LogP contribution in [0.5, 0.6) is 0 Å². The van der Waals surface area contributed by atoms with Gasteiger partial charge in [0.1, 0.15) is 0 Å². The number of urea groups is 1. The summed E-state index contributed by atoms with van der Waals surface area (Å²) in [5, 5.41) is 0. The number of nitrogens with zero attached hydrogens (tertiary/aromatic N) is 5. The minimum atomic E-state index is -0.147. The zero-order valence-corrected chi connectivity index (χ0v) is 20.1. The second-order valence-electron chi connectivity index (χ2n) is 10.1. The monoisotopic (exact) mass is 467 g/mol. The molecule has 35 heavy (non-hydrogen) atoms. The first-order valence-corrected chi connectivity index (χ1v) is 12.3. The fourth-order valence-electron chi connectivity index (χ4n) is 6.04. The maximum Gasteiger partial charge on any atom is 0.324 e. The Balaban J connectivity index is 1.21. The zero-order valence-electron chi connectivity index (χ0n) is 20.1. The zero-order chi connectivity index (χ0) is 24.2. The summed E-state index contributed by atoms with van der Waals surface area (Å²) in [7, 11) is 3.73. The minimum absolute atomic E-state index is 0.00679. The van der Waals surface area contributed by atoms with E-state index in [-0.39, 0.29) is 17.5 Å². The Morgan fingerprint density at radius 3 is 2.29 bits per heavy atom. The van der Waals surface area contributed by atoms with E-state index >= 15 is 0 Å². The van der Waals surface area contributed by atoms with Crippen LogP contribution in [0.15, 0.2) is 60.9 Å². The van der Waals surface area contributed by atoms with E-state index in [4.69, 9.17) is 0 Å². The van der Waals surface area contributed by atoms with Crippen LogP contribution in [0, 0.1) is 0 Å². The maximum atomic E-state index is 13.3. The summed E-state index contributed by atoms with van der Waals surface area (Å²) in [4.78, 5) is 40.3. The Kier molecular flexibility index (Phi) is 5.09. The number of fused-ring (bicyclic) bond motifs is 1. The molecule has 0 atom stereocenters. The van der Waals surface area contributed by atoms with Crippen molar-refractivity contribution in [3.05, 3.63) is 77.6 Å². The van der Waals surface area contributed by atoms with Gasteiger partial charge in [0.25, 0.3) is 5.91 Å². The van der Waals surface area contributed by atoms with Crippen LogP contribution in [0.25, 0.3) is 11.4 Å². The highest BCUT2D eigenvalue weighted by Gasteiger charge is 2.49. The predicted octanol–water partition coefficient (Wildman–Crippen LogP) is 4.70. The fraction of sp³-hybridized carbons (Fsp3) is 0.357. The fourth-order valence-corrected chi connectivity index (χ4v) is 6.04. The molecular weight excluding hydrogens is 438 g/mol. The molecule has 2 aliphatic heterocycles. The number of carbonyl (C=O) groups is 2. The van der Waals surface area contributed by atoms with Crippen LogP contribution in [-0.4, -0.2) is 57.9 Å². The van der Waals surface area contributed by atoms with Gasteiger partial charge in [0.05, 0.1) is 30.2 Å². The van der Waals surface area contributed by atoms with E-state index in [1.807, 2.05) is 35.0 Å². The normalized spacial score (nSPS) is 23.9. The molecule has 0 unspecified atom stereocenters. The summed E-state index contributed by atoms with van der Waals surface area (Å²) < 4.78 is 0. The van der Waals surface area contributed by atoms with E-state index in [2.05, 4.69) is 40.3 Å². The molecule has 2 fully saturated rings. The van der Waals surface area contributed by atoms with Gasteiger partial charge in [-0.3, -0.25) is 9.69 Å². The van der Waals surface area contributed by atoms with Crippen LogP contribution in [-0.2, 0) is 6.54 Å². The van der Waals surface area contributed by atoms with E-state index in [1.165, 1.54) is 5.56 Å². The molecule has 0 bridgehead atoms. The van der Waals surface area contributed by atoms with Crippen molar-refractivity contribution in [2.75, 3.05) is 25.5 Å². The van der Waals surface area contributed by atoms with Gasteiger partial charge < -0.3 is 9.80 Å². The van der Waals surface area contributed by atoms with Crippen molar-refractivity contribution in [1.82, 2.24) is 19.8 Å². The molecule has 3 aliphatic rings. The van der Waals surface area contributed by atoms with Crippen LogP contribution in [0.4, 0.5) is 10.5 Å². The number of likely N-dealkylation sites (N-methyl/N-ethyl adjacent to an activating group) is 1. The first-order valence-electron chi connectivity index (χ1n) is 12.3. The molecule has 3 aromatic rings. The van der Waals surface area contributed by atoms with E-state index < -0.39 is 0 Å². The molecule has 3 heterocycles. The Labute approximate surface area is 205 Å².